The van der Waals surface area contributed by atoms with E-state index in [4.69, 9.17) is 9.26 Å². The average Bonchev–Trinajstić information content (AvgIpc) is 3.43. The normalized spacial score (nSPS) is 10.7. The molecule has 0 atom stereocenters. The van der Waals surface area contributed by atoms with Crippen LogP contribution >= 0.6 is 22.7 Å². The summed E-state index contributed by atoms with van der Waals surface area (Å²) in [5, 5.41) is 10.9. The number of nitrogens with zero attached hydrogens (tertiary/aromatic N) is 2. The number of rotatable bonds is 6. The Morgan fingerprint density at radius 2 is 2.11 bits per heavy atom. The maximum atomic E-state index is 12.4. The van der Waals surface area contributed by atoms with Gasteiger partial charge < -0.3 is 9.26 Å². The lowest BCUT2D eigenvalue weighted by Crippen LogP contribution is -2.11. The van der Waals surface area contributed by atoms with Crippen LogP contribution in [0.3, 0.4) is 0 Å². The van der Waals surface area contributed by atoms with Crippen LogP contribution in [0.5, 0.6) is 5.75 Å². The second-order valence-electron chi connectivity index (χ2n) is 5.47. The first kappa shape index (κ1) is 17.4. The first-order chi connectivity index (χ1) is 13.2. The molecule has 0 unspecified atom stereocenters. The van der Waals surface area contributed by atoms with Crippen molar-refractivity contribution in [2.24, 2.45) is 0 Å². The van der Waals surface area contributed by atoms with E-state index < -0.39 is 0 Å². The number of carbonyl (C=O) groups is 1. The Morgan fingerprint density at radius 3 is 2.93 bits per heavy atom. The van der Waals surface area contributed by atoms with Gasteiger partial charge in [-0.1, -0.05) is 23.4 Å². The summed E-state index contributed by atoms with van der Waals surface area (Å²) in [7, 11) is 0. The number of benzene rings is 1. The average molecular weight is 397 g/mol. The molecule has 8 heteroatoms. The largest absolute Gasteiger partial charge is 0.493 e. The molecule has 0 spiro atoms. The summed E-state index contributed by atoms with van der Waals surface area (Å²) in [5.41, 5.74) is 1.85. The van der Waals surface area contributed by atoms with Crippen LogP contribution in [0.1, 0.15) is 17.4 Å². The van der Waals surface area contributed by atoms with Gasteiger partial charge in [0.1, 0.15) is 5.75 Å². The van der Waals surface area contributed by atoms with Crippen LogP contribution in [0, 0.1) is 0 Å². The molecule has 136 valence electrons. The number of para-hydroxylation sites is 1. The summed E-state index contributed by atoms with van der Waals surface area (Å²) in [6.45, 7) is 2.51. The molecule has 0 saturated heterocycles. The summed E-state index contributed by atoms with van der Waals surface area (Å²) in [5.74, 6) is 0.974. The number of hydrogen-bond donors (Lipinski definition) is 1. The van der Waals surface area contributed by atoms with E-state index >= 15 is 0 Å². The fourth-order valence-electron chi connectivity index (χ4n) is 2.49. The van der Waals surface area contributed by atoms with E-state index in [-0.39, 0.29) is 11.6 Å². The molecule has 0 bridgehead atoms. The number of nitrogens with one attached hydrogen (secondary N) is 1. The Morgan fingerprint density at radius 1 is 1.22 bits per heavy atom. The minimum atomic E-state index is -0.361. The molecular formula is C19H15N3O3S2. The second-order valence-corrected chi connectivity index (χ2v) is 7.28. The van der Waals surface area contributed by atoms with Crippen molar-refractivity contribution < 1.29 is 14.1 Å². The molecule has 6 nitrogen and oxygen atoms in total. The van der Waals surface area contributed by atoms with E-state index in [1.165, 1.54) is 22.7 Å². The molecular weight excluding hydrogens is 382 g/mol. The number of anilines is 1. The fourth-order valence-corrected chi connectivity index (χ4v) is 3.87. The minimum Gasteiger partial charge on any atom is -0.493 e. The van der Waals surface area contributed by atoms with Crippen molar-refractivity contribution >= 4 is 33.7 Å². The Kier molecular flexibility index (Phi) is 4.99. The van der Waals surface area contributed by atoms with Crippen molar-refractivity contribution in [2.75, 3.05) is 11.9 Å². The maximum absolute atomic E-state index is 12.4. The summed E-state index contributed by atoms with van der Waals surface area (Å²) in [4.78, 5) is 17.8. The number of thiophene rings is 1. The van der Waals surface area contributed by atoms with Gasteiger partial charge in [-0.3, -0.25) is 10.1 Å². The SMILES string of the molecule is CCOc1ccccc1-c1csc(NC(=O)c2cc(-c3cccs3)on2)n1. The van der Waals surface area contributed by atoms with Gasteiger partial charge in [0.15, 0.2) is 16.6 Å². The lowest BCUT2D eigenvalue weighted by molar-refractivity contribution is 0.101. The topological polar surface area (TPSA) is 77.2 Å². The van der Waals surface area contributed by atoms with Crippen LogP contribution < -0.4 is 10.1 Å². The first-order valence-corrected chi connectivity index (χ1v) is 10.00. The van der Waals surface area contributed by atoms with Gasteiger partial charge in [0.05, 0.1) is 17.2 Å². The molecule has 0 fully saturated rings. The van der Waals surface area contributed by atoms with E-state index in [0.717, 1.165) is 21.9 Å². The molecule has 1 aromatic carbocycles. The number of ether oxygens (including phenoxy) is 1. The van der Waals surface area contributed by atoms with Gasteiger partial charge in [-0.05, 0) is 30.5 Å². The number of amides is 1. The van der Waals surface area contributed by atoms with Crippen LogP contribution in [-0.2, 0) is 0 Å². The smallest absolute Gasteiger partial charge is 0.279 e. The van der Waals surface area contributed by atoms with Gasteiger partial charge in [-0.2, -0.15) is 0 Å². The van der Waals surface area contributed by atoms with Crippen LogP contribution in [0.2, 0.25) is 0 Å². The van der Waals surface area contributed by atoms with E-state index in [2.05, 4.69) is 15.5 Å². The second kappa shape index (κ2) is 7.73. The fraction of sp³-hybridized carbons (Fsp3) is 0.105. The Labute approximate surface area is 163 Å². The molecule has 3 heterocycles. The summed E-state index contributed by atoms with van der Waals surface area (Å²) >= 11 is 2.87. The number of aromatic nitrogens is 2. The standard InChI is InChI=1S/C19H15N3O3S2/c1-2-24-15-7-4-3-6-12(15)14-11-27-19(20-14)21-18(23)13-10-16(25-22-13)17-8-5-9-26-17/h3-11H,2H2,1H3,(H,20,21,23). The Bertz CT molecular complexity index is 1050. The number of carbonyl (C=O) groups excluding carboxylic acids is 1. The third-order valence-corrected chi connectivity index (χ3v) is 5.34. The van der Waals surface area contributed by atoms with Crippen LogP contribution in [-0.4, -0.2) is 22.7 Å². The zero-order chi connectivity index (χ0) is 18.6. The highest BCUT2D eigenvalue weighted by molar-refractivity contribution is 7.14. The van der Waals surface area contributed by atoms with Crippen LogP contribution in [0.4, 0.5) is 5.13 Å². The molecule has 0 aliphatic rings. The molecule has 1 N–H and O–H groups in total. The lowest BCUT2D eigenvalue weighted by Gasteiger charge is -2.07. The highest BCUT2D eigenvalue weighted by Gasteiger charge is 2.17. The molecule has 3 aromatic heterocycles. The van der Waals surface area contributed by atoms with E-state index in [9.17, 15) is 4.79 Å². The zero-order valence-electron chi connectivity index (χ0n) is 14.3. The minimum absolute atomic E-state index is 0.213. The summed E-state index contributed by atoms with van der Waals surface area (Å²) in [6.07, 6.45) is 0. The number of thiazole rings is 1. The quantitative estimate of drug-likeness (QED) is 0.485. The lowest BCUT2D eigenvalue weighted by atomic mass is 10.1. The van der Waals surface area contributed by atoms with Crippen molar-refractivity contribution in [2.45, 2.75) is 6.92 Å². The monoisotopic (exact) mass is 397 g/mol. The van der Waals surface area contributed by atoms with Crippen molar-refractivity contribution in [1.29, 1.82) is 0 Å². The van der Waals surface area contributed by atoms with Crippen LogP contribution in [0.25, 0.3) is 21.9 Å². The molecule has 0 radical (unpaired) electrons. The van der Waals surface area contributed by atoms with Gasteiger partial charge in [0, 0.05) is 17.0 Å². The predicted octanol–water partition coefficient (Wildman–Crippen LogP) is 5.18. The summed E-state index contributed by atoms with van der Waals surface area (Å²) in [6, 6.07) is 13.1. The van der Waals surface area contributed by atoms with Gasteiger partial charge in [-0.25, -0.2) is 4.98 Å². The predicted molar refractivity (Wildman–Crippen MR) is 106 cm³/mol. The molecule has 0 saturated carbocycles. The van der Waals surface area contributed by atoms with E-state index in [0.29, 0.717) is 17.5 Å². The van der Waals surface area contributed by atoms with Crippen molar-refractivity contribution in [3.05, 3.63) is 58.9 Å². The molecule has 4 rings (SSSR count). The van der Waals surface area contributed by atoms with Crippen molar-refractivity contribution in [3.8, 4) is 27.6 Å². The van der Waals surface area contributed by atoms with E-state index in [1.807, 2.05) is 54.1 Å². The highest BCUT2D eigenvalue weighted by atomic mass is 32.1. The van der Waals surface area contributed by atoms with Crippen LogP contribution in [0.15, 0.2) is 57.7 Å². The maximum Gasteiger partial charge on any atom is 0.279 e. The van der Waals surface area contributed by atoms with Gasteiger partial charge >= 0.3 is 0 Å². The van der Waals surface area contributed by atoms with Crippen molar-refractivity contribution in [1.82, 2.24) is 10.1 Å². The molecule has 4 aromatic rings. The third-order valence-electron chi connectivity index (χ3n) is 3.69. The third kappa shape index (κ3) is 3.76. The summed E-state index contributed by atoms with van der Waals surface area (Å²) < 4.78 is 10.9. The zero-order valence-corrected chi connectivity index (χ0v) is 16.0. The van der Waals surface area contributed by atoms with Crippen molar-refractivity contribution in [3.63, 3.8) is 0 Å². The molecule has 0 aliphatic heterocycles. The molecule has 0 aliphatic carbocycles. The van der Waals surface area contributed by atoms with E-state index in [1.54, 1.807) is 6.07 Å². The first-order valence-electron chi connectivity index (χ1n) is 8.24. The molecule has 27 heavy (non-hydrogen) atoms. The van der Waals surface area contributed by atoms with Gasteiger partial charge in [0.2, 0.25) is 0 Å². The highest BCUT2D eigenvalue weighted by Crippen LogP contribution is 2.32. The molecule has 1 amide bonds. The Balaban J connectivity index is 1.51. The Hall–Kier alpha value is -2.97. The van der Waals surface area contributed by atoms with Gasteiger partial charge in [-0.15, -0.1) is 22.7 Å². The number of hydrogen-bond acceptors (Lipinski definition) is 7. The van der Waals surface area contributed by atoms with Gasteiger partial charge in [0.25, 0.3) is 5.91 Å².